The number of carbonyl (C=O) groups excluding carboxylic acids is 1. The predicted molar refractivity (Wildman–Crippen MR) is 106 cm³/mol. The summed E-state index contributed by atoms with van der Waals surface area (Å²) in [4.78, 5) is 11.0. The Hall–Kier alpha value is -0.930. The van der Waals surface area contributed by atoms with Gasteiger partial charge in [0, 0.05) is 26.7 Å². The Morgan fingerprint density at radius 3 is 2.56 bits per heavy atom. The van der Waals surface area contributed by atoms with Crippen LogP contribution in [0, 0.1) is 0 Å². The van der Waals surface area contributed by atoms with Gasteiger partial charge in [-0.15, -0.1) is 0 Å². The smallest absolute Gasteiger partial charge is 0.216 e. The van der Waals surface area contributed by atoms with Crippen molar-refractivity contribution in [3.63, 3.8) is 0 Å². The SMILES string of the molecule is CC(=O)NCCCO[C@H]1C2O[C@H](CO)[C@@H](OCCCC3O[C@H](CO)[C@]2(O)[C@H](O)[C@H]3O)[C@@H]1O. The molecule has 12 nitrogen and oxygen atoms in total. The zero-order chi connectivity index (χ0) is 23.5. The normalized spacial score (nSPS) is 44.7. The summed E-state index contributed by atoms with van der Waals surface area (Å²) >= 11 is 0. The fourth-order valence-electron chi connectivity index (χ4n) is 4.75. The maximum absolute atomic E-state index is 11.6. The van der Waals surface area contributed by atoms with E-state index < -0.39 is 73.8 Å². The van der Waals surface area contributed by atoms with Gasteiger partial charge in [0.1, 0.15) is 54.4 Å². The Morgan fingerprint density at radius 1 is 1.16 bits per heavy atom. The minimum atomic E-state index is -2.36. The van der Waals surface area contributed by atoms with Gasteiger partial charge in [0.15, 0.2) is 0 Å². The van der Waals surface area contributed by atoms with E-state index in [-0.39, 0.29) is 25.5 Å². The highest BCUT2D eigenvalue weighted by Crippen LogP contribution is 2.41. The third-order valence-corrected chi connectivity index (χ3v) is 6.44. The Bertz CT molecular complexity index is 620. The molecule has 0 aliphatic carbocycles. The Labute approximate surface area is 186 Å². The van der Waals surface area contributed by atoms with E-state index in [1.807, 2.05) is 0 Å². The van der Waals surface area contributed by atoms with Crippen LogP contribution in [0.1, 0.15) is 26.2 Å². The number of aliphatic hydroxyl groups is 6. The van der Waals surface area contributed by atoms with Crippen molar-refractivity contribution >= 4 is 5.91 Å². The summed E-state index contributed by atoms with van der Waals surface area (Å²) in [6.45, 7) is 0.669. The molecule has 0 aromatic heterocycles. The number of aliphatic hydroxyl groups excluding tert-OH is 5. The van der Waals surface area contributed by atoms with Crippen LogP contribution in [0.25, 0.3) is 0 Å². The highest BCUT2D eigenvalue weighted by molar-refractivity contribution is 5.72. The van der Waals surface area contributed by atoms with E-state index in [1.165, 1.54) is 6.92 Å². The van der Waals surface area contributed by atoms with Gasteiger partial charge in [-0.2, -0.15) is 0 Å². The monoisotopic (exact) mass is 465 g/mol. The maximum atomic E-state index is 11.6. The molecular weight excluding hydrogens is 430 g/mol. The molecule has 6 heterocycles. The van der Waals surface area contributed by atoms with Crippen LogP contribution in [-0.4, -0.2) is 130 Å². The standard InChI is InChI=1S/C20H35NO11/c1-10(24)21-5-3-7-30-17-15(26)16-12(8-22)32-19(17)20(28)13(9-23)31-11(4-2-6-29-16)14(25)18(20)27/h11-19,22-23,25-28H,2-9H2,1H3,(H,21,24)/t11?,12-,13-,14+,15+,16-,17-,18-,19?,20+/m1/s1. The van der Waals surface area contributed by atoms with Crippen LogP contribution in [0.15, 0.2) is 0 Å². The number of rotatable bonds is 7. The van der Waals surface area contributed by atoms with E-state index in [1.54, 1.807) is 0 Å². The van der Waals surface area contributed by atoms with E-state index in [9.17, 15) is 35.4 Å². The second kappa shape index (κ2) is 11.0. The lowest BCUT2D eigenvalue weighted by Gasteiger charge is -2.56. The van der Waals surface area contributed by atoms with Crippen molar-refractivity contribution in [1.82, 2.24) is 5.32 Å². The van der Waals surface area contributed by atoms with Crippen molar-refractivity contribution in [2.45, 2.75) is 86.7 Å². The summed E-state index contributed by atoms with van der Waals surface area (Å²) in [5.74, 6) is -0.205. The van der Waals surface area contributed by atoms with E-state index in [2.05, 4.69) is 5.32 Å². The topological polar surface area (TPSA) is 187 Å². The van der Waals surface area contributed by atoms with Gasteiger partial charge in [-0.3, -0.25) is 4.79 Å². The number of nitrogens with one attached hydrogen (secondary N) is 1. The molecule has 186 valence electrons. The highest BCUT2D eigenvalue weighted by Gasteiger charge is 2.64. The molecule has 6 aliphatic rings. The number of hydrogen-bond donors (Lipinski definition) is 7. The van der Waals surface area contributed by atoms with Gasteiger partial charge < -0.3 is 54.9 Å². The average molecular weight is 465 g/mol. The molecule has 0 saturated carbocycles. The molecule has 1 amide bonds. The summed E-state index contributed by atoms with van der Waals surface area (Å²) in [6.07, 6.45) is -10.5. The Balaban J connectivity index is 1.92. The molecule has 32 heavy (non-hydrogen) atoms. The summed E-state index contributed by atoms with van der Waals surface area (Å²) in [6, 6.07) is 0. The van der Waals surface area contributed by atoms with Gasteiger partial charge in [-0.05, 0) is 19.3 Å². The van der Waals surface area contributed by atoms with Gasteiger partial charge in [0.25, 0.3) is 0 Å². The number of amides is 1. The molecule has 6 fully saturated rings. The van der Waals surface area contributed by atoms with Crippen LogP contribution < -0.4 is 5.32 Å². The van der Waals surface area contributed by atoms with Crippen molar-refractivity contribution < 1.29 is 54.4 Å². The minimum absolute atomic E-state index is 0.0559. The molecule has 6 aliphatic heterocycles. The molecule has 0 spiro atoms. The molecule has 7 N–H and O–H groups in total. The zero-order valence-corrected chi connectivity index (χ0v) is 18.1. The third kappa shape index (κ3) is 4.94. The first-order valence-corrected chi connectivity index (χ1v) is 11.0. The second-order valence-electron chi connectivity index (χ2n) is 8.59. The first kappa shape index (κ1) is 25.7. The van der Waals surface area contributed by atoms with E-state index in [0.717, 1.165) is 0 Å². The number of ether oxygens (including phenoxy) is 4. The maximum Gasteiger partial charge on any atom is 0.216 e. The number of hydrogen-bond acceptors (Lipinski definition) is 11. The summed E-state index contributed by atoms with van der Waals surface area (Å²) in [5, 5.41) is 66.6. The molecule has 2 unspecified atom stereocenters. The predicted octanol–water partition coefficient (Wildman–Crippen LogP) is -3.59. The van der Waals surface area contributed by atoms with E-state index in [0.29, 0.717) is 19.4 Å². The summed E-state index contributed by atoms with van der Waals surface area (Å²) < 4.78 is 23.2. The van der Waals surface area contributed by atoms with Crippen LogP contribution in [0.2, 0.25) is 0 Å². The van der Waals surface area contributed by atoms with Crippen molar-refractivity contribution in [3.8, 4) is 0 Å². The Kier molecular flexibility index (Phi) is 8.83. The zero-order valence-electron chi connectivity index (χ0n) is 18.1. The molecule has 0 aromatic rings. The second-order valence-corrected chi connectivity index (χ2v) is 8.59. The summed E-state index contributed by atoms with van der Waals surface area (Å²) in [7, 11) is 0. The molecule has 4 bridgehead atoms. The fourth-order valence-corrected chi connectivity index (χ4v) is 4.75. The molecule has 6 rings (SSSR count). The van der Waals surface area contributed by atoms with Gasteiger partial charge >= 0.3 is 0 Å². The van der Waals surface area contributed by atoms with Crippen molar-refractivity contribution in [1.29, 1.82) is 0 Å². The lowest BCUT2D eigenvalue weighted by molar-refractivity contribution is -0.354. The lowest BCUT2D eigenvalue weighted by Crippen LogP contribution is -2.77. The van der Waals surface area contributed by atoms with Crippen LogP contribution in [-0.2, 0) is 23.7 Å². The van der Waals surface area contributed by atoms with Gasteiger partial charge in [0.05, 0.1) is 19.3 Å². The molecule has 0 aromatic carbocycles. The summed E-state index contributed by atoms with van der Waals surface area (Å²) in [5.41, 5.74) is -2.36. The van der Waals surface area contributed by atoms with Crippen molar-refractivity contribution in [2.75, 3.05) is 33.0 Å². The molecular formula is C20H35NO11. The van der Waals surface area contributed by atoms with Crippen LogP contribution in [0.3, 0.4) is 0 Å². The third-order valence-electron chi connectivity index (χ3n) is 6.44. The van der Waals surface area contributed by atoms with Crippen molar-refractivity contribution in [2.24, 2.45) is 0 Å². The fraction of sp³-hybridized carbons (Fsp3) is 0.950. The first-order chi connectivity index (χ1) is 15.2. The minimum Gasteiger partial charge on any atom is -0.394 e. The first-order valence-electron chi connectivity index (χ1n) is 11.0. The highest BCUT2D eigenvalue weighted by atomic mass is 16.6. The van der Waals surface area contributed by atoms with Gasteiger partial charge in [-0.25, -0.2) is 0 Å². The van der Waals surface area contributed by atoms with Gasteiger partial charge in [-0.1, -0.05) is 0 Å². The lowest BCUT2D eigenvalue weighted by atomic mass is 9.73. The molecule has 0 radical (unpaired) electrons. The van der Waals surface area contributed by atoms with Crippen LogP contribution >= 0.6 is 0 Å². The van der Waals surface area contributed by atoms with Gasteiger partial charge in [0.2, 0.25) is 5.91 Å². The number of carbonyl (C=O) groups is 1. The molecule has 10 atom stereocenters. The molecule has 6 saturated heterocycles. The Morgan fingerprint density at radius 2 is 1.91 bits per heavy atom. The molecule has 12 heteroatoms. The van der Waals surface area contributed by atoms with Crippen molar-refractivity contribution in [3.05, 3.63) is 0 Å². The van der Waals surface area contributed by atoms with E-state index >= 15 is 0 Å². The van der Waals surface area contributed by atoms with Crippen LogP contribution in [0.5, 0.6) is 0 Å². The average Bonchev–Trinajstić information content (AvgIpc) is 2.76. The van der Waals surface area contributed by atoms with Crippen LogP contribution in [0.4, 0.5) is 0 Å². The van der Waals surface area contributed by atoms with E-state index in [4.69, 9.17) is 18.9 Å². The largest absolute Gasteiger partial charge is 0.394 e. The quantitative estimate of drug-likeness (QED) is 0.184.